The van der Waals surface area contributed by atoms with Gasteiger partial charge < -0.3 is 0 Å². The Bertz CT molecular complexity index is 104. The molecule has 0 aromatic rings. The average molecular weight is 422 g/mol. The molecule has 0 radical (unpaired) electrons. The number of rotatable bonds is 10. The second-order valence-electron chi connectivity index (χ2n) is 4.02. The van der Waals surface area contributed by atoms with E-state index in [0.29, 0.717) is 0 Å². The Morgan fingerprint density at radius 1 is 0.857 bits per heavy atom. The summed E-state index contributed by atoms with van der Waals surface area (Å²) in [6.45, 7) is 2.28. The fourth-order valence-electron chi connectivity index (χ4n) is 1.58. The molecule has 0 amide bonds. The van der Waals surface area contributed by atoms with Crippen molar-refractivity contribution in [2.75, 3.05) is 4.43 Å². The molecule has 86 valence electrons. The lowest BCUT2D eigenvalue weighted by Crippen LogP contribution is -1.97. The zero-order valence-corrected chi connectivity index (χ0v) is 13.7. The highest BCUT2D eigenvalue weighted by Gasteiger charge is 2.00. The molecule has 0 saturated carbocycles. The van der Waals surface area contributed by atoms with Crippen molar-refractivity contribution >= 4 is 45.2 Å². The van der Waals surface area contributed by atoms with Crippen LogP contribution in [0.1, 0.15) is 64.7 Å². The summed E-state index contributed by atoms with van der Waals surface area (Å²) in [7, 11) is 0. The van der Waals surface area contributed by atoms with Crippen molar-refractivity contribution in [1.82, 2.24) is 0 Å². The van der Waals surface area contributed by atoms with E-state index in [1.165, 1.54) is 62.2 Å². The summed E-state index contributed by atoms with van der Waals surface area (Å²) in [5.41, 5.74) is 0. The highest BCUT2D eigenvalue weighted by Crippen LogP contribution is 2.15. The van der Waals surface area contributed by atoms with Gasteiger partial charge in [-0.1, -0.05) is 103 Å². The minimum Gasteiger partial charge on any atom is -0.0852 e. The van der Waals surface area contributed by atoms with Gasteiger partial charge in [0.05, 0.1) is 0 Å². The van der Waals surface area contributed by atoms with Crippen LogP contribution in [0.15, 0.2) is 0 Å². The predicted octanol–water partition coefficient (Wildman–Crippen LogP) is 5.76. The van der Waals surface area contributed by atoms with E-state index in [9.17, 15) is 0 Å². The van der Waals surface area contributed by atoms with Crippen LogP contribution in [0.5, 0.6) is 0 Å². The standard InChI is InChI=1S/C12H24I2/c1-2-3-4-5-6-7-8-9-10-12(14)11-13/h12H,2-11H2,1H3. The second kappa shape index (κ2) is 12.5. The van der Waals surface area contributed by atoms with E-state index < -0.39 is 0 Å². The fourth-order valence-corrected chi connectivity index (χ4v) is 2.46. The summed E-state index contributed by atoms with van der Waals surface area (Å²) < 4.78 is 2.22. The minimum absolute atomic E-state index is 0.910. The monoisotopic (exact) mass is 422 g/mol. The molecule has 0 aromatic carbocycles. The van der Waals surface area contributed by atoms with Crippen molar-refractivity contribution in [3.05, 3.63) is 0 Å². The van der Waals surface area contributed by atoms with Crippen LogP contribution in [0.4, 0.5) is 0 Å². The first kappa shape index (κ1) is 15.5. The molecule has 14 heavy (non-hydrogen) atoms. The molecule has 1 unspecified atom stereocenters. The smallest absolute Gasteiger partial charge is 0.0199 e. The molecule has 0 rings (SSSR count). The molecular formula is C12H24I2. The molecule has 0 N–H and O–H groups in total. The van der Waals surface area contributed by atoms with E-state index in [-0.39, 0.29) is 0 Å². The zero-order chi connectivity index (χ0) is 10.6. The molecule has 0 aliphatic carbocycles. The first-order valence-electron chi connectivity index (χ1n) is 6.01. The van der Waals surface area contributed by atoms with Gasteiger partial charge in [0.25, 0.3) is 0 Å². The Morgan fingerprint density at radius 3 is 1.86 bits per heavy atom. The van der Waals surface area contributed by atoms with E-state index >= 15 is 0 Å². The molecule has 0 aliphatic rings. The average Bonchev–Trinajstić information content (AvgIpc) is 2.21. The summed E-state index contributed by atoms with van der Waals surface area (Å²) in [4.78, 5) is 0. The summed E-state index contributed by atoms with van der Waals surface area (Å²) >= 11 is 5.07. The quantitative estimate of drug-likeness (QED) is 0.239. The molecule has 0 aromatic heterocycles. The van der Waals surface area contributed by atoms with Crippen molar-refractivity contribution in [2.24, 2.45) is 0 Å². The molecule has 0 bridgehead atoms. The van der Waals surface area contributed by atoms with Crippen LogP contribution in [-0.2, 0) is 0 Å². The number of hydrogen-bond acceptors (Lipinski definition) is 0. The summed E-state index contributed by atoms with van der Waals surface area (Å²) in [6.07, 6.45) is 13.0. The molecule has 0 spiro atoms. The second-order valence-corrected chi connectivity index (χ2v) is 6.66. The fraction of sp³-hybridized carbons (Fsp3) is 1.00. The minimum atomic E-state index is 0.910. The molecule has 0 heterocycles. The maximum atomic E-state index is 2.58. The van der Waals surface area contributed by atoms with Gasteiger partial charge in [0, 0.05) is 8.35 Å². The lowest BCUT2D eigenvalue weighted by Gasteiger charge is -2.05. The molecule has 0 aliphatic heterocycles. The third kappa shape index (κ3) is 11.5. The van der Waals surface area contributed by atoms with Crippen LogP contribution in [0.3, 0.4) is 0 Å². The van der Waals surface area contributed by atoms with Gasteiger partial charge in [0.2, 0.25) is 0 Å². The maximum absolute atomic E-state index is 2.58. The number of hydrogen-bond donors (Lipinski definition) is 0. The van der Waals surface area contributed by atoms with E-state index in [0.717, 1.165) is 3.92 Å². The van der Waals surface area contributed by atoms with E-state index in [4.69, 9.17) is 0 Å². The Hall–Kier alpha value is 1.46. The number of halogens is 2. The normalized spacial score (nSPS) is 13.1. The van der Waals surface area contributed by atoms with Crippen molar-refractivity contribution in [1.29, 1.82) is 0 Å². The van der Waals surface area contributed by atoms with E-state index in [1.807, 2.05) is 0 Å². The van der Waals surface area contributed by atoms with Gasteiger partial charge in [-0.25, -0.2) is 0 Å². The van der Waals surface area contributed by atoms with Gasteiger partial charge in [0.15, 0.2) is 0 Å². The Labute approximate surface area is 117 Å². The third-order valence-electron chi connectivity index (χ3n) is 2.54. The SMILES string of the molecule is CCCCCCCCCCC(I)CI. The Kier molecular flexibility index (Phi) is 13.8. The summed E-state index contributed by atoms with van der Waals surface area (Å²) in [6, 6.07) is 0. The first-order chi connectivity index (χ1) is 6.81. The van der Waals surface area contributed by atoms with Crippen molar-refractivity contribution in [3.63, 3.8) is 0 Å². The lowest BCUT2D eigenvalue weighted by atomic mass is 10.1. The van der Waals surface area contributed by atoms with Crippen molar-refractivity contribution in [3.8, 4) is 0 Å². The number of unbranched alkanes of at least 4 members (excludes halogenated alkanes) is 7. The Morgan fingerprint density at radius 2 is 1.36 bits per heavy atom. The van der Waals surface area contributed by atoms with Crippen LogP contribution in [0.2, 0.25) is 0 Å². The lowest BCUT2D eigenvalue weighted by molar-refractivity contribution is 0.567. The van der Waals surface area contributed by atoms with Gasteiger partial charge in [-0.05, 0) is 6.42 Å². The highest BCUT2D eigenvalue weighted by atomic mass is 127. The predicted molar refractivity (Wildman–Crippen MR) is 83.9 cm³/mol. The van der Waals surface area contributed by atoms with Crippen LogP contribution in [0.25, 0.3) is 0 Å². The van der Waals surface area contributed by atoms with Crippen molar-refractivity contribution in [2.45, 2.75) is 68.6 Å². The molecule has 0 nitrogen and oxygen atoms in total. The van der Waals surface area contributed by atoms with Gasteiger partial charge in [-0.3, -0.25) is 0 Å². The molecular weight excluding hydrogens is 398 g/mol. The van der Waals surface area contributed by atoms with Gasteiger partial charge in [-0.2, -0.15) is 0 Å². The van der Waals surface area contributed by atoms with Crippen LogP contribution >= 0.6 is 45.2 Å². The third-order valence-corrected chi connectivity index (χ3v) is 6.35. The zero-order valence-electron chi connectivity index (χ0n) is 9.40. The molecule has 0 saturated heterocycles. The van der Waals surface area contributed by atoms with E-state index in [2.05, 4.69) is 52.1 Å². The van der Waals surface area contributed by atoms with Crippen LogP contribution in [0, 0.1) is 0 Å². The molecule has 0 fully saturated rings. The largest absolute Gasteiger partial charge is 0.0852 e. The molecule has 2 heteroatoms. The van der Waals surface area contributed by atoms with Crippen molar-refractivity contribution < 1.29 is 0 Å². The highest BCUT2D eigenvalue weighted by molar-refractivity contribution is 14.1. The summed E-state index contributed by atoms with van der Waals surface area (Å²) in [5.74, 6) is 0. The van der Waals surface area contributed by atoms with Crippen LogP contribution < -0.4 is 0 Å². The van der Waals surface area contributed by atoms with Gasteiger partial charge in [0.1, 0.15) is 0 Å². The first-order valence-corrected chi connectivity index (χ1v) is 8.78. The van der Waals surface area contributed by atoms with Crippen LogP contribution in [-0.4, -0.2) is 8.35 Å². The topological polar surface area (TPSA) is 0 Å². The maximum Gasteiger partial charge on any atom is 0.0199 e. The van der Waals surface area contributed by atoms with Gasteiger partial charge >= 0.3 is 0 Å². The summed E-state index contributed by atoms with van der Waals surface area (Å²) in [5, 5.41) is 0. The van der Waals surface area contributed by atoms with E-state index in [1.54, 1.807) is 0 Å². The molecule has 1 atom stereocenters. The Balaban J connectivity index is 2.92. The van der Waals surface area contributed by atoms with Gasteiger partial charge in [-0.15, -0.1) is 0 Å². The number of alkyl halides is 2.